The van der Waals surface area contributed by atoms with Gasteiger partial charge in [0.1, 0.15) is 11.6 Å². The van der Waals surface area contributed by atoms with Gasteiger partial charge in [0.05, 0.1) is 12.7 Å². The van der Waals surface area contributed by atoms with Crippen LogP contribution in [-0.4, -0.2) is 30.2 Å². The Balaban J connectivity index is 2.06. The quantitative estimate of drug-likeness (QED) is 0.905. The van der Waals surface area contributed by atoms with E-state index in [1.807, 2.05) is 36.2 Å². The fourth-order valence-corrected chi connectivity index (χ4v) is 1.82. The number of aromatic nitrogens is 1. The van der Waals surface area contributed by atoms with Gasteiger partial charge in [-0.2, -0.15) is 0 Å². The summed E-state index contributed by atoms with van der Waals surface area (Å²) in [6.45, 7) is 0.684. The number of rotatable bonds is 5. The molecule has 1 aromatic heterocycles. The maximum Gasteiger partial charge on any atom is 0.337 e. The second kappa shape index (κ2) is 6.06. The normalized spacial score (nSPS) is 10.1. The Kier molecular flexibility index (Phi) is 4.20. The van der Waals surface area contributed by atoms with Gasteiger partial charge in [-0.3, -0.25) is 0 Å². The third-order valence-electron chi connectivity index (χ3n) is 2.96. The topological polar surface area (TPSA) is 62.7 Å². The van der Waals surface area contributed by atoms with E-state index in [1.54, 1.807) is 19.2 Å². The first kappa shape index (κ1) is 13.9. The van der Waals surface area contributed by atoms with Crippen LogP contribution in [0, 0.1) is 0 Å². The fraction of sp³-hybridized carbons (Fsp3) is 0.200. The molecule has 0 spiro atoms. The number of aromatic carboxylic acids is 1. The van der Waals surface area contributed by atoms with Crippen LogP contribution in [0.15, 0.2) is 42.6 Å². The maximum absolute atomic E-state index is 10.8. The molecule has 0 unspecified atom stereocenters. The molecule has 0 radical (unpaired) electrons. The van der Waals surface area contributed by atoms with Crippen molar-refractivity contribution in [1.29, 1.82) is 0 Å². The molecule has 1 heterocycles. The number of pyridine rings is 1. The monoisotopic (exact) mass is 272 g/mol. The van der Waals surface area contributed by atoms with E-state index in [2.05, 4.69) is 4.98 Å². The summed E-state index contributed by atoms with van der Waals surface area (Å²) in [4.78, 5) is 16.9. The summed E-state index contributed by atoms with van der Waals surface area (Å²) in [7, 11) is 3.54. The third kappa shape index (κ3) is 3.26. The molecule has 0 saturated carbocycles. The smallest absolute Gasteiger partial charge is 0.337 e. The summed E-state index contributed by atoms with van der Waals surface area (Å²) in [5, 5.41) is 8.83. The highest BCUT2D eigenvalue weighted by Crippen LogP contribution is 2.16. The van der Waals surface area contributed by atoms with E-state index in [-0.39, 0.29) is 5.56 Å². The summed E-state index contributed by atoms with van der Waals surface area (Å²) >= 11 is 0. The second-order valence-electron chi connectivity index (χ2n) is 4.41. The molecule has 0 aliphatic carbocycles. The Hall–Kier alpha value is -2.56. The molecule has 0 atom stereocenters. The second-order valence-corrected chi connectivity index (χ2v) is 4.41. The Bertz CT molecular complexity index is 579. The number of anilines is 1. The van der Waals surface area contributed by atoms with Crippen molar-refractivity contribution in [2.75, 3.05) is 19.1 Å². The number of benzene rings is 1. The van der Waals surface area contributed by atoms with Crippen LogP contribution in [0.3, 0.4) is 0 Å². The predicted molar refractivity (Wildman–Crippen MR) is 76.3 cm³/mol. The molecule has 2 rings (SSSR count). The number of methoxy groups -OCH3 is 1. The van der Waals surface area contributed by atoms with E-state index >= 15 is 0 Å². The maximum atomic E-state index is 10.8. The van der Waals surface area contributed by atoms with Crippen LogP contribution in [0.1, 0.15) is 15.9 Å². The zero-order valence-electron chi connectivity index (χ0n) is 11.4. The SMILES string of the molecule is COc1ccc(CN(C)c2ccc(C(=O)O)cn2)cc1. The van der Waals surface area contributed by atoms with E-state index < -0.39 is 5.97 Å². The highest BCUT2D eigenvalue weighted by atomic mass is 16.5. The summed E-state index contributed by atoms with van der Waals surface area (Å²) in [5.74, 6) is 0.577. The molecule has 5 nitrogen and oxygen atoms in total. The van der Waals surface area contributed by atoms with Crippen molar-refractivity contribution in [2.24, 2.45) is 0 Å². The van der Waals surface area contributed by atoms with Crippen molar-refractivity contribution in [3.05, 3.63) is 53.7 Å². The summed E-state index contributed by atoms with van der Waals surface area (Å²) in [6, 6.07) is 11.0. The van der Waals surface area contributed by atoms with Gasteiger partial charge in [0, 0.05) is 19.8 Å². The molecule has 5 heteroatoms. The molecule has 0 amide bonds. The predicted octanol–water partition coefficient (Wildman–Crippen LogP) is 2.42. The number of carboxylic acid groups (broad SMARTS) is 1. The average molecular weight is 272 g/mol. The lowest BCUT2D eigenvalue weighted by molar-refractivity contribution is 0.0696. The number of hydrogen-bond acceptors (Lipinski definition) is 4. The van der Waals surface area contributed by atoms with Crippen molar-refractivity contribution >= 4 is 11.8 Å². The van der Waals surface area contributed by atoms with Gasteiger partial charge in [0.2, 0.25) is 0 Å². The Labute approximate surface area is 117 Å². The number of carbonyl (C=O) groups is 1. The molecular weight excluding hydrogens is 256 g/mol. The lowest BCUT2D eigenvalue weighted by atomic mass is 10.2. The lowest BCUT2D eigenvalue weighted by Gasteiger charge is -2.18. The summed E-state index contributed by atoms with van der Waals surface area (Å²) < 4.78 is 5.11. The van der Waals surface area contributed by atoms with Crippen molar-refractivity contribution in [3.63, 3.8) is 0 Å². The van der Waals surface area contributed by atoms with Crippen molar-refractivity contribution < 1.29 is 14.6 Å². The van der Waals surface area contributed by atoms with E-state index in [0.29, 0.717) is 6.54 Å². The van der Waals surface area contributed by atoms with E-state index in [1.165, 1.54) is 6.20 Å². The van der Waals surface area contributed by atoms with Crippen LogP contribution in [0.5, 0.6) is 5.75 Å². The van der Waals surface area contributed by atoms with Crippen LogP contribution in [0.25, 0.3) is 0 Å². The third-order valence-corrected chi connectivity index (χ3v) is 2.96. The van der Waals surface area contributed by atoms with Gasteiger partial charge in [-0.1, -0.05) is 12.1 Å². The minimum atomic E-state index is -0.971. The van der Waals surface area contributed by atoms with Crippen LogP contribution < -0.4 is 9.64 Å². The van der Waals surface area contributed by atoms with E-state index in [0.717, 1.165) is 17.1 Å². The number of nitrogens with zero attached hydrogens (tertiary/aromatic N) is 2. The van der Waals surface area contributed by atoms with Gasteiger partial charge in [0.15, 0.2) is 0 Å². The minimum Gasteiger partial charge on any atom is -0.497 e. The van der Waals surface area contributed by atoms with Crippen molar-refractivity contribution in [1.82, 2.24) is 4.98 Å². The first-order valence-electron chi connectivity index (χ1n) is 6.13. The molecule has 20 heavy (non-hydrogen) atoms. The molecule has 0 aliphatic heterocycles. The van der Waals surface area contributed by atoms with Gasteiger partial charge in [0.25, 0.3) is 0 Å². The fourth-order valence-electron chi connectivity index (χ4n) is 1.82. The molecular formula is C15H16N2O3. The number of ether oxygens (including phenoxy) is 1. The van der Waals surface area contributed by atoms with Gasteiger partial charge < -0.3 is 14.7 Å². The van der Waals surface area contributed by atoms with Gasteiger partial charge in [-0.05, 0) is 29.8 Å². The lowest BCUT2D eigenvalue weighted by Crippen LogP contribution is -2.17. The zero-order chi connectivity index (χ0) is 14.5. The highest BCUT2D eigenvalue weighted by Gasteiger charge is 2.06. The summed E-state index contributed by atoms with van der Waals surface area (Å²) in [6.07, 6.45) is 1.36. The van der Waals surface area contributed by atoms with Crippen LogP contribution in [0.4, 0.5) is 5.82 Å². The van der Waals surface area contributed by atoms with Crippen molar-refractivity contribution in [3.8, 4) is 5.75 Å². The highest BCUT2D eigenvalue weighted by molar-refractivity contribution is 5.87. The molecule has 1 aromatic carbocycles. The molecule has 0 saturated heterocycles. The molecule has 104 valence electrons. The van der Waals surface area contributed by atoms with E-state index in [4.69, 9.17) is 9.84 Å². The molecule has 2 aromatic rings. The van der Waals surface area contributed by atoms with Crippen molar-refractivity contribution in [2.45, 2.75) is 6.54 Å². The molecule has 0 aliphatic rings. The van der Waals surface area contributed by atoms with E-state index in [9.17, 15) is 4.79 Å². The Morgan fingerprint density at radius 3 is 2.45 bits per heavy atom. The van der Waals surface area contributed by atoms with Crippen LogP contribution in [-0.2, 0) is 6.54 Å². The molecule has 0 bridgehead atoms. The van der Waals surface area contributed by atoms with Crippen LogP contribution >= 0.6 is 0 Å². The van der Waals surface area contributed by atoms with Gasteiger partial charge in [-0.25, -0.2) is 9.78 Å². The first-order valence-corrected chi connectivity index (χ1v) is 6.13. The largest absolute Gasteiger partial charge is 0.497 e. The Morgan fingerprint density at radius 2 is 1.95 bits per heavy atom. The number of hydrogen-bond donors (Lipinski definition) is 1. The minimum absolute atomic E-state index is 0.187. The van der Waals surface area contributed by atoms with Crippen LogP contribution in [0.2, 0.25) is 0 Å². The number of carboxylic acids is 1. The molecule has 0 fully saturated rings. The molecule has 1 N–H and O–H groups in total. The summed E-state index contributed by atoms with van der Waals surface area (Å²) in [5.41, 5.74) is 1.31. The zero-order valence-corrected chi connectivity index (χ0v) is 11.4. The van der Waals surface area contributed by atoms with Gasteiger partial charge >= 0.3 is 5.97 Å². The first-order chi connectivity index (χ1) is 9.60. The average Bonchev–Trinajstić information content (AvgIpc) is 2.48. The Morgan fingerprint density at radius 1 is 1.25 bits per heavy atom. The van der Waals surface area contributed by atoms with Gasteiger partial charge in [-0.15, -0.1) is 0 Å². The standard InChI is InChI=1S/C15H16N2O3/c1-17(10-11-3-6-13(20-2)7-4-11)14-8-5-12(9-16-14)15(18)19/h3-9H,10H2,1-2H3,(H,18,19).